The topological polar surface area (TPSA) is 63.2 Å². The smallest absolute Gasteiger partial charge is 0.330 e. The molecule has 2 rings (SSSR count). The molecule has 2 aliphatic heterocycles. The molecule has 0 amide bonds. The van der Waals surface area contributed by atoms with Crippen LogP contribution in [0.4, 0.5) is 0 Å². The van der Waals surface area contributed by atoms with Crippen molar-refractivity contribution in [2.75, 3.05) is 18.6 Å². The minimum Gasteiger partial charge on any atom is -0.466 e. The predicted octanol–water partition coefficient (Wildman–Crippen LogP) is 3.59. The van der Waals surface area contributed by atoms with Crippen LogP contribution in [0.3, 0.4) is 0 Å². The van der Waals surface area contributed by atoms with E-state index >= 15 is 0 Å². The van der Waals surface area contributed by atoms with Crippen molar-refractivity contribution >= 4 is 29.5 Å². The Bertz CT molecular complexity index is 530. The summed E-state index contributed by atoms with van der Waals surface area (Å²) in [5.41, 5.74) is 0. The Morgan fingerprint density at radius 2 is 1.56 bits per heavy atom. The molecular formula is C19H32O6S2. The predicted molar refractivity (Wildman–Crippen MR) is 109 cm³/mol. The Hall–Kier alpha value is -0.250. The van der Waals surface area contributed by atoms with Gasteiger partial charge in [-0.25, -0.2) is 4.79 Å². The van der Waals surface area contributed by atoms with Gasteiger partial charge in [0.15, 0.2) is 11.6 Å². The average molecular weight is 421 g/mol. The number of rotatable bonds is 8. The van der Waals surface area contributed by atoms with Crippen LogP contribution in [0.25, 0.3) is 0 Å². The molecule has 2 fully saturated rings. The molecule has 0 aliphatic carbocycles. The first-order chi connectivity index (χ1) is 12.6. The van der Waals surface area contributed by atoms with Crippen molar-refractivity contribution in [2.24, 2.45) is 0 Å². The van der Waals surface area contributed by atoms with E-state index in [0.717, 1.165) is 11.5 Å². The molecule has 0 aromatic rings. The van der Waals surface area contributed by atoms with Gasteiger partial charge >= 0.3 is 5.97 Å². The van der Waals surface area contributed by atoms with E-state index in [9.17, 15) is 4.79 Å². The van der Waals surface area contributed by atoms with E-state index in [-0.39, 0.29) is 22.9 Å². The third-order valence-corrected chi connectivity index (χ3v) is 6.88. The maximum atomic E-state index is 11.5. The van der Waals surface area contributed by atoms with Crippen LogP contribution in [0.5, 0.6) is 0 Å². The van der Waals surface area contributed by atoms with E-state index in [1.807, 2.05) is 51.2 Å². The molecular weight excluding hydrogens is 388 g/mol. The van der Waals surface area contributed by atoms with Gasteiger partial charge in [-0.15, -0.1) is 23.5 Å². The zero-order valence-corrected chi connectivity index (χ0v) is 18.9. The van der Waals surface area contributed by atoms with Crippen molar-refractivity contribution in [2.45, 2.75) is 82.1 Å². The van der Waals surface area contributed by atoms with E-state index in [0.29, 0.717) is 0 Å². The quantitative estimate of drug-likeness (QED) is 0.335. The summed E-state index contributed by atoms with van der Waals surface area (Å²) in [7, 11) is 1.35. The number of carbonyl (C=O) groups is 1. The molecule has 0 radical (unpaired) electrons. The first kappa shape index (κ1) is 23.0. The lowest BCUT2D eigenvalue weighted by molar-refractivity contribution is -0.174. The molecule has 0 unspecified atom stereocenters. The maximum Gasteiger partial charge on any atom is 0.330 e. The molecule has 0 saturated carbocycles. The molecule has 4 atom stereocenters. The minimum atomic E-state index is -0.776. The molecule has 2 aliphatic rings. The molecule has 6 nitrogen and oxygen atoms in total. The lowest BCUT2D eigenvalue weighted by Gasteiger charge is -2.29. The van der Waals surface area contributed by atoms with Crippen molar-refractivity contribution in [3.8, 4) is 0 Å². The highest BCUT2D eigenvalue weighted by atomic mass is 32.2. The molecule has 8 heteroatoms. The molecule has 0 bridgehead atoms. The van der Waals surface area contributed by atoms with Gasteiger partial charge in [0, 0.05) is 6.08 Å². The lowest BCUT2D eigenvalue weighted by atomic mass is 10.0. The Balaban J connectivity index is 2.28. The molecule has 2 saturated heterocycles. The summed E-state index contributed by atoms with van der Waals surface area (Å²) in [6, 6.07) is 0. The van der Waals surface area contributed by atoms with Gasteiger partial charge in [0.2, 0.25) is 0 Å². The lowest BCUT2D eigenvalue weighted by Crippen LogP contribution is -2.44. The van der Waals surface area contributed by atoms with Crippen molar-refractivity contribution in [3.05, 3.63) is 12.2 Å². The van der Waals surface area contributed by atoms with Crippen LogP contribution in [0.2, 0.25) is 0 Å². The fraction of sp³-hybridized carbons (Fsp3) is 0.842. The van der Waals surface area contributed by atoms with E-state index in [4.69, 9.17) is 23.7 Å². The van der Waals surface area contributed by atoms with Crippen molar-refractivity contribution in [3.63, 3.8) is 0 Å². The van der Waals surface area contributed by atoms with Crippen LogP contribution < -0.4 is 0 Å². The third-order valence-electron chi connectivity index (χ3n) is 4.20. The molecule has 0 aromatic heterocycles. The first-order valence-electron chi connectivity index (χ1n) is 9.33. The SMILES string of the molecule is CCSC(SCC)[C@@H]1OC(C)(C)O[C@H]1[C@@H]1OC(C)(C)O[C@@H]1/C=C/C(=O)OC. The molecule has 0 N–H and O–H groups in total. The highest BCUT2D eigenvalue weighted by Gasteiger charge is 2.55. The summed E-state index contributed by atoms with van der Waals surface area (Å²) in [6.07, 6.45) is 1.79. The zero-order valence-electron chi connectivity index (χ0n) is 17.2. The van der Waals surface area contributed by atoms with Gasteiger partial charge in [-0.05, 0) is 45.3 Å². The van der Waals surface area contributed by atoms with Gasteiger partial charge < -0.3 is 23.7 Å². The number of ether oxygens (including phenoxy) is 5. The van der Waals surface area contributed by atoms with Crippen LogP contribution >= 0.6 is 23.5 Å². The third kappa shape index (κ3) is 6.11. The Kier molecular flexibility index (Phi) is 8.10. The fourth-order valence-corrected chi connectivity index (χ4v) is 5.97. The largest absolute Gasteiger partial charge is 0.466 e. The second-order valence-corrected chi connectivity index (χ2v) is 10.4. The number of thioether (sulfide) groups is 2. The zero-order chi connectivity index (χ0) is 20.2. The van der Waals surface area contributed by atoms with Crippen LogP contribution in [-0.2, 0) is 28.5 Å². The normalized spacial score (nSPS) is 32.4. The summed E-state index contributed by atoms with van der Waals surface area (Å²) >= 11 is 3.71. The Morgan fingerprint density at radius 1 is 1.00 bits per heavy atom. The second kappa shape index (κ2) is 9.50. The fourth-order valence-electron chi connectivity index (χ4n) is 3.31. The van der Waals surface area contributed by atoms with E-state index < -0.39 is 23.6 Å². The van der Waals surface area contributed by atoms with Crippen LogP contribution in [-0.4, -0.2) is 65.2 Å². The number of hydrogen-bond acceptors (Lipinski definition) is 8. The second-order valence-electron chi connectivity index (χ2n) is 7.29. The monoisotopic (exact) mass is 420 g/mol. The minimum absolute atomic E-state index is 0.147. The molecule has 0 spiro atoms. The number of methoxy groups -OCH3 is 1. The summed E-state index contributed by atoms with van der Waals surface area (Å²) in [5, 5.41) is 0. The van der Waals surface area contributed by atoms with Crippen LogP contribution in [0.15, 0.2) is 12.2 Å². The van der Waals surface area contributed by atoms with Crippen LogP contribution in [0, 0.1) is 0 Å². The molecule has 0 aromatic carbocycles. The first-order valence-corrected chi connectivity index (χ1v) is 11.4. The summed E-state index contributed by atoms with van der Waals surface area (Å²) in [6.45, 7) is 11.9. The van der Waals surface area contributed by atoms with Crippen molar-refractivity contribution < 1.29 is 28.5 Å². The van der Waals surface area contributed by atoms with Crippen molar-refractivity contribution in [1.82, 2.24) is 0 Å². The highest BCUT2D eigenvalue weighted by molar-refractivity contribution is 8.17. The number of esters is 1. The number of hydrogen-bond donors (Lipinski definition) is 0. The summed E-state index contributed by atoms with van der Waals surface area (Å²) in [5.74, 6) is 0.0710. The standard InChI is InChI=1S/C19H32O6S2/c1-8-26-17(27-9-2)16-15(24-19(5,6)25-16)14-12(10-11-13(20)21-7)22-18(3,4)23-14/h10-12,14-17H,8-9H2,1-7H3/b11-10+/t12-,14-,15+,16-/m1/s1. The van der Waals surface area contributed by atoms with Crippen LogP contribution in [0.1, 0.15) is 41.5 Å². The number of carbonyl (C=O) groups excluding carboxylic acids is 1. The van der Waals surface area contributed by atoms with Crippen molar-refractivity contribution in [1.29, 1.82) is 0 Å². The van der Waals surface area contributed by atoms with Gasteiger partial charge in [0.25, 0.3) is 0 Å². The van der Waals surface area contributed by atoms with E-state index in [2.05, 4.69) is 13.8 Å². The van der Waals surface area contributed by atoms with E-state index in [1.165, 1.54) is 13.2 Å². The Labute approximate surface area is 171 Å². The molecule has 156 valence electrons. The van der Waals surface area contributed by atoms with Gasteiger partial charge in [-0.1, -0.05) is 13.8 Å². The summed E-state index contributed by atoms with van der Waals surface area (Å²) in [4.78, 5) is 11.5. The van der Waals surface area contributed by atoms with E-state index in [1.54, 1.807) is 6.08 Å². The maximum absolute atomic E-state index is 11.5. The van der Waals surface area contributed by atoms with Gasteiger partial charge in [0.05, 0.1) is 11.7 Å². The van der Waals surface area contributed by atoms with Gasteiger partial charge in [0.1, 0.15) is 24.4 Å². The highest BCUT2D eigenvalue weighted by Crippen LogP contribution is 2.44. The Morgan fingerprint density at radius 3 is 2.11 bits per heavy atom. The molecule has 27 heavy (non-hydrogen) atoms. The average Bonchev–Trinajstić information content (AvgIpc) is 3.07. The summed E-state index contributed by atoms with van der Waals surface area (Å²) < 4.78 is 29.7. The van der Waals surface area contributed by atoms with Gasteiger partial charge in [-0.2, -0.15) is 0 Å². The van der Waals surface area contributed by atoms with Gasteiger partial charge in [-0.3, -0.25) is 0 Å². The molecule has 2 heterocycles.